The molecule has 0 spiro atoms. The first-order valence-electron chi connectivity index (χ1n) is 13.0. The molecule has 0 radical (unpaired) electrons. The maximum Gasteiger partial charge on any atom is 0.401 e. The van der Waals surface area contributed by atoms with Gasteiger partial charge in [0.05, 0.1) is 18.8 Å². The summed E-state index contributed by atoms with van der Waals surface area (Å²) in [6.45, 7) is 3.61. The molecule has 2 aliphatic heterocycles. The van der Waals surface area contributed by atoms with E-state index in [9.17, 15) is 22.0 Å². The zero-order valence-corrected chi connectivity index (χ0v) is 22.3. The van der Waals surface area contributed by atoms with Crippen molar-refractivity contribution in [2.75, 3.05) is 55.6 Å². The highest BCUT2D eigenvalue weighted by molar-refractivity contribution is 6.31. The third kappa shape index (κ3) is 6.30. The van der Waals surface area contributed by atoms with Gasteiger partial charge in [-0.3, -0.25) is 9.58 Å². The zero-order valence-electron chi connectivity index (χ0n) is 21.5. The van der Waals surface area contributed by atoms with Crippen LogP contribution in [0, 0.1) is 6.92 Å². The second-order valence-electron chi connectivity index (χ2n) is 10.1. The van der Waals surface area contributed by atoms with Crippen molar-refractivity contribution in [3.8, 4) is 11.1 Å². The van der Waals surface area contributed by atoms with E-state index in [0.717, 1.165) is 36.2 Å². The SMILES string of the molecule is Cc1cnn(C2CCCN(c3cc(Cl)ccc3-c3ccc(N4CCN(CC(F)(F)F)CC4)nc3)C2)c1C(F)F. The number of pyridine rings is 1. The second kappa shape index (κ2) is 11.3. The summed E-state index contributed by atoms with van der Waals surface area (Å²) in [5, 5.41) is 4.84. The Labute approximate surface area is 229 Å². The number of halogens is 6. The van der Waals surface area contributed by atoms with E-state index in [1.807, 2.05) is 29.2 Å². The molecule has 12 heteroatoms. The Morgan fingerprint density at radius 2 is 1.77 bits per heavy atom. The maximum atomic E-state index is 13.7. The molecule has 0 N–H and O–H groups in total. The quantitative estimate of drug-likeness (QED) is 0.323. The van der Waals surface area contributed by atoms with E-state index in [1.54, 1.807) is 19.2 Å². The molecule has 5 rings (SSSR count). The molecule has 2 fully saturated rings. The summed E-state index contributed by atoms with van der Waals surface area (Å²) in [4.78, 5) is 10.2. The summed E-state index contributed by atoms with van der Waals surface area (Å²) < 4.78 is 67.1. The molecule has 0 amide bonds. The standard InChI is InChI=1S/C27H30ClF5N6/c1-18-14-35-39(25(18)26(29)30)21-3-2-8-38(16-21)23-13-20(28)5-6-22(23)19-4-7-24(34-15-19)37-11-9-36(10-12-37)17-27(31,32)33/h4-7,13-15,21,26H,2-3,8-12,16-17H2,1H3. The van der Waals surface area contributed by atoms with E-state index in [-0.39, 0.29) is 11.7 Å². The Hall–Kier alpha value is -2.92. The lowest BCUT2D eigenvalue weighted by Crippen LogP contribution is -2.49. The fourth-order valence-corrected chi connectivity index (χ4v) is 5.69. The fourth-order valence-electron chi connectivity index (χ4n) is 5.53. The van der Waals surface area contributed by atoms with Gasteiger partial charge in [0.1, 0.15) is 11.5 Å². The lowest BCUT2D eigenvalue weighted by atomic mass is 10.00. The van der Waals surface area contributed by atoms with Crippen LogP contribution in [0.3, 0.4) is 0 Å². The normalized spacial score (nSPS) is 19.2. The summed E-state index contributed by atoms with van der Waals surface area (Å²) in [7, 11) is 0. The average Bonchev–Trinajstić information content (AvgIpc) is 3.30. The number of rotatable bonds is 6. The van der Waals surface area contributed by atoms with Crippen LogP contribution in [0.25, 0.3) is 11.1 Å². The van der Waals surface area contributed by atoms with Gasteiger partial charge in [-0.05, 0) is 49.6 Å². The van der Waals surface area contributed by atoms with Gasteiger partial charge in [0.2, 0.25) is 0 Å². The van der Waals surface area contributed by atoms with E-state index < -0.39 is 19.1 Å². The van der Waals surface area contributed by atoms with Crippen molar-refractivity contribution in [3.05, 3.63) is 59.0 Å². The van der Waals surface area contributed by atoms with Gasteiger partial charge >= 0.3 is 6.18 Å². The lowest BCUT2D eigenvalue weighted by molar-refractivity contribution is -0.146. The number of hydrogen-bond donors (Lipinski definition) is 0. The minimum atomic E-state index is -4.20. The maximum absolute atomic E-state index is 13.7. The smallest absolute Gasteiger partial charge is 0.369 e. The van der Waals surface area contributed by atoms with E-state index in [2.05, 4.69) is 15.0 Å². The molecule has 6 nitrogen and oxygen atoms in total. The first-order chi connectivity index (χ1) is 18.6. The van der Waals surface area contributed by atoms with Gasteiger partial charge < -0.3 is 9.80 Å². The van der Waals surface area contributed by atoms with E-state index in [0.29, 0.717) is 49.1 Å². The summed E-state index contributed by atoms with van der Waals surface area (Å²) in [6.07, 6.45) is -1.97. The summed E-state index contributed by atoms with van der Waals surface area (Å²) in [6, 6.07) is 9.25. The predicted octanol–water partition coefficient (Wildman–Crippen LogP) is 6.37. The molecule has 1 aromatic carbocycles. The first kappa shape index (κ1) is 27.6. The summed E-state index contributed by atoms with van der Waals surface area (Å²) in [5.74, 6) is 0.715. The highest BCUT2D eigenvalue weighted by Gasteiger charge is 2.32. The molecular weight excluding hydrogens is 539 g/mol. The van der Waals surface area contributed by atoms with Crippen molar-refractivity contribution < 1.29 is 22.0 Å². The molecule has 1 atom stereocenters. The number of piperidine rings is 1. The summed E-state index contributed by atoms with van der Waals surface area (Å²) >= 11 is 6.39. The Kier molecular flexibility index (Phi) is 8.00. The first-order valence-corrected chi connectivity index (χ1v) is 13.3. The Morgan fingerprint density at radius 3 is 2.44 bits per heavy atom. The molecular formula is C27H30ClF5N6. The average molecular weight is 569 g/mol. The third-order valence-corrected chi connectivity index (χ3v) is 7.67. The molecule has 0 saturated carbocycles. The van der Waals surface area contributed by atoms with Crippen LogP contribution in [0.5, 0.6) is 0 Å². The van der Waals surface area contributed by atoms with E-state index >= 15 is 0 Å². The molecule has 2 aromatic heterocycles. The number of hydrogen-bond acceptors (Lipinski definition) is 5. The molecule has 4 heterocycles. The summed E-state index contributed by atoms with van der Waals surface area (Å²) in [5.41, 5.74) is 3.13. The molecule has 39 heavy (non-hydrogen) atoms. The number of benzene rings is 1. The second-order valence-corrected chi connectivity index (χ2v) is 10.6. The van der Waals surface area contributed by atoms with Crippen LogP contribution in [0.2, 0.25) is 5.02 Å². The number of nitrogens with zero attached hydrogens (tertiary/aromatic N) is 6. The van der Waals surface area contributed by atoms with E-state index in [4.69, 9.17) is 11.6 Å². The Balaban J connectivity index is 1.33. The molecule has 2 aliphatic rings. The topological polar surface area (TPSA) is 40.4 Å². The number of alkyl halides is 5. The van der Waals surface area contributed by atoms with Crippen molar-refractivity contribution in [2.45, 2.75) is 38.4 Å². The number of aryl methyl sites for hydroxylation is 1. The molecule has 210 valence electrons. The van der Waals surface area contributed by atoms with Gasteiger partial charge in [0.25, 0.3) is 6.43 Å². The van der Waals surface area contributed by atoms with Gasteiger partial charge in [-0.25, -0.2) is 13.8 Å². The monoisotopic (exact) mass is 568 g/mol. The predicted molar refractivity (Wildman–Crippen MR) is 142 cm³/mol. The number of aromatic nitrogens is 3. The van der Waals surface area contributed by atoms with Crippen LogP contribution in [0.1, 0.15) is 36.6 Å². The van der Waals surface area contributed by atoms with Crippen LogP contribution in [-0.4, -0.2) is 71.7 Å². The lowest BCUT2D eigenvalue weighted by Gasteiger charge is -2.36. The van der Waals surface area contributed by atoms with Crippen molar-refractivity contribution in [1.29, 1.82) is 0 Å². The largest absolute Gasteiger partial charge is 0.401 e. The molecule has 2 saturated heterocycles. The van der Waals surface area contributed by atoms with Gasteiger partial charge in [-0.2, -0.15) is 18.3 Å². The minimum absolute atomic E-state index is 0.0350. The van der Waals surface area contributed by atoms with E-state index in [1.165, 1.54) is 15.8 Å². The third-order valence-electron chi connectivity index (χ3n) is 7.43. The molecule has 3 aromatic rings. The van der Waals surface area contributed by atoms with Crippen LogP contribution >= 0.6 is 11.6 Å². The van der Waals surface area contributed by atoms with Crippen LogP contribution in [0.4, 0.5) is 33.5 Å². The Morgan fingerprint density at radius 1 is 1.00 bits per heavy atom. The van der Waals surface area contributed by atoms with Crippen molar-refractivity contribution in [3.63, 3.8) is 0 Å². The van der Waals surface area contributed by atoms with Gasteiger partial charge in [-0.1, -0.05) is 17.7 Å². The highest BCUT2D eigenvalue weighted by Crippen LogP contribution is 2.37. The van der Waals surface area contributed by atoms with Crippen LogP contribution < -0.4 is 9.80 Å². The fraction of sp³-hybridized carbons (Fsp3) is 0.481. The zero-order chi connectivity index (χ0) is 27.7. The van der Waals surface area contributed by atoms with Gasteiger partial charge in [0, 0.05) is 67.3 Å². The van der Waals surface area contributed by atoms with Gasteiger partial charge in [0.15, 0.2) is 0 Å². The van der Waals surface area contributed by atoms with Crippen molar-refractivity contribution in [1.82, 2.24) is 19.7 Å². The molecule has 0 aliphatic carbocycles. The number of anilines is 2. The van der Waals surface area contributed by atoms with Gasteiger partial charge in [-0.15, -0.1) is 0 Å². The minimum Gasteiger partial charge on any atom is -0.369 e. The molecule has 0 bridgehead atoms. The van der Waals surface area contributed by atoms with Crippen molar-refractivity contribution in [2.24, 2.45) is 0 Å². The molecule has 1 unspecified atom stereocenters. The van der Waals surface area contributed by atoms with Crippen LogP contribution in [0.15, 0.2) is 42.7 Å². The van der Waals surface area contributed by atoms with Crippen LogP contribution in [-0.2, 0) is 0 Å². The number of piperazine rings is 1. The highest BCUT2D eigenvalue weighted by atomic mass is 35.5. The Bertz CT molecular complexity index is 1270. The van der Waals surface area contributed by atoms with Crippen molar-refractivity contribution >= 4 is 23.1 Å².